The molecule has 4 rings (SSSR count). The van der Waals surface area contributed by atoms with E-state index in [-0.39, 0.29) is 12.7 Å². The summed E-state index contributed by atoms with van der Waals surface area (Å²) in [6, 6.07) is 18.3. The van der Waals surface area contributed by atoms with Crippen LogP contribution in [0.5, 0.6) is 11.5 Å². The first-order valence-electron chi connectivity index (χ1n) is 15.6. The van der Waals surface area contributed by atoms with Crippen molar-refractivity contribution in [1.29, 1.82) is 0 Å². The predicted octanol–water partition coefficient (Wildman–Crippen LogP) is 7.75. The number of pyridine rings is 1. The van der Waals surface area contributed by atoms with Crippen LogP contribution in [0.15, 0.2) is 60.8 Å². The van der Waals surface area contributed by atoms with Crippen molar-refractivity contribution in [3.8, 4) is 22.6 Å². The van der Waals surface area contributed by atoms with Crippen molar-refractivity contribution in [3.63, 3.8) is 0 Å². The van der Waals surface area contributed by atoms with Crippen LogP contribution in [0.4, 0.5) is 0 Å². The molecule has 3 aromatic rings. The molecule has 2 heterocycles. The highest BCUT2D eigenvalue weighted by molar-refractivity contribution is 5.94. The highest BCUT2D eigenvalue weighted by Gasteiger charge is 2.19. The fraction of sp³-hybridized carbons (Fsp3) is 0.486. The molecule has 0 saturated carbocycles. The molecule has 1 aromatic heterocycles. The SMILES string of the molecule is CCCCCc1ccc(C(=O)N(CCN(CCCC)CCCC)Cc2ccc(-c3ccc4c(c3)OCO4)cn2)cc1. The number of hydrogen-bond acceptors (Lipinski definition) is 5. The van der Waals surface area contributed by atoms with Crippen LogP contribution in [0.1, 0.15) is 87.3 Å². The van der Waals surface area contributed by atoms with Gasteiger partial charge in [0.2, 0.25) is 6.79 Å². The van der Waals surface area contributed by atoms with Gasteiger partial charge in [-0.15, -0.1) is 0 Å². The third-order valence-corrected chi connectivity index (χ3v) is 7.78. The molecule has 0 radical (unpaired) electrons. The first-order valence-corrected chi connectivity index (χ1v) is 15.6. The summed E-state index contributed by atoms with van der Waals surface area (Å²) in [5.74, 6) is 1.60. The van der Waals surface area contributed by atoms with E-state index >= 15 is 0 Å². The zero-order chi connectivity index (χ0) is 28.9. The first kappa shape index (κ1) is 30.6. The van der Waals surface area contributed by atoms with E-state index in [2.05, 4.69) is 43.9 Å². The molecular weight excluding hydrogens is 510 g/mol. The molecular formula is C35H47N3O3. The average Bonchev–Trinajstić information content (AvgIpc) is 3.49. The van der Waals surface area contributed by atoms with E-state index in [1.807, 2.05) is 47.5 Å². The van der Waals surface area contributed by atoms with Crippen LogP contribution < -0.4 is 9.47 Å². The summed E-state index contributed by atoms with van der Waals surface area (Å²) in [4.78, 5) is 23.1. The van der Waals surface area contributed by atoms with Crippen molar-refractivity contribution in [2.75, 3.05) is 33.0 Å². The number of benzene rings is 2. The molecule has 0 atom stereocenters. The van der Waals surface area contributed by atoms with Crippen LogP contribution in [0.25, 0.3) is 11.1 Å². The van der Waals surface area contributed by atoms with Crippen molar-refractivity contribution < 1.29 is 14.3 Å². The molecule has 0 N–H and O–H groups in total. The zero-order valence-electron chi connectivity index (χ0n) is 25.2. The molecule has 0 bridgehead atoms. The molecule has 6 heteroatoms. The van der Waals surface area contributed by atoms with Gasteiger partial charge in [-0.2, -0.15) is 0 Å². The molecule has 0 fully saturated rings. The molecule has 220 valence electrons. The van der Waals surface area contributed by atoms with Gasteiger partial charge in [0.25, 0.3) is 5.91 Å². The second-order valence-electron chi connectivity index (χ2n) is 11.0. The van der Waals surface area contributed by atoms with Crippen LogP contribution >= 0.6 is 0 Å². The minimum Gasteiger partial charge on any atom is -0.454 e. The van der Waals surface area contributed by atoms with Gasteiger partial charge in [0.05, 0.1) is 12.2 Å². The molecule has 0 unspecified atom stereocenters. The lowest BCUT2D eigenvalue weighted by atomic mass is 10.0. The molecule has 1 aliphatic heterocycles. The minimum atomic E-state index is 0.0673. The molecule has 1 aliphatic rings. The number of aryl methyl sites for hydroxylation is 1. The van der Waals surface area contributed by atoms with E-state index in [4.69, 9.17) is 14.5 Å². The lowest BCUT2D eigenvalue weighted by Crippen LogP contribution is -2.39. The van der Waals surface area contributed by atoms with Gasteiger partial charge in [-0.25, -0.2) is 0 Å². The fourth-order valence-corrected chi connectivity index (χ4v) is 5.15. The number of aromatic nitrogens is 1. The highest BCUT2D eigenvalue weighted by Crippen LogP contribution is 2.35. The van der Waals surface area contributed by atoms with E-state index in [0.29, 0.717) is 13.1 Å². The Balaban J connectivity index is 1.48. The maximum absolute atomic E-state index is 13.8. The molecule has 0 aliphatic carbocycles. The number of carbonyl (C=O) groups excluding carboxylic acids is 1. The van der Waals surface area contributed by atoms with Gasteiger partial charge in [0.1, 0.15) is 0 Å². The highest BCUT2D eigenvalue weighted by atomic mass is 16.7. The maximum atomic E-state index is 13.8. The topological polar surface area (TPSA) is 54.9 Å². The average molecular weight is 558 g/mol. The Labute approximate surface area is 246 Å². The van der Waals surface area contributed by atoms with Gasteiger partial charge in [0, 0.05) is 30.4 Å². The molecule has 2 aromatic carbocycles. The van der Waals surface area contributed by atoms with Crippen LogP contribution in [0.2, 0.25) is 0 Å². The van der Waals surface area contributed by atoms with Gasteiger partial charge >= 0.3 is 0 Å². The molecule has 6 nitrogen and oxygen atoms in total. The van der Waals surface area contributed by atoms with Crippen LogP contribution in [-0.2, 0) is 13.0 Å². The number of hydrogen-bond donors (Lipinski definition) is 0. The van der Waals surface area contributed by atoms with Gasteiger partial charge in [-0.3, -0.25) is 9.78 Å². The van der Waals surface area contributed by atoms with Gasteiger partial charge in [0.15, 0.2) is 11.5 Å². The first-order chi connectivity index (χ1) is 20.1. The van der Waals surface area contributed by atoms with E-state index in [9.17, 15) is 4.79 Å². The second kappa shape index (κ2) is 16.2. The Hall–Kier alpha value is -3.38. The van der Waals surface area contributed by atoms with Crippen molar-refractivity contribution in [1.82, 2.24) is 14.8 Å². The molecule has 0 spiro atoms. The summed E-state index contributed by atoms with van der Waals surface area (Å²) < 4.78 is 11.0. The second-order valence-corrected chi connectivity index (χ2v) is 11.0. The van der Waals surface area contributed by atoms with E-state index < -0.39 is 0 Å². The Kier molecular flexibility index (Phi) is 12.1. The number of fused-ring (bicyclic) bond motifs is 1. The van der Waals surface area contributed by atoms with E-state index in [1.54, 1.807) is 0 Å². The Morgan fingerprint density at radius 3 is 2.15 bits per heavy atom. The Morgan fingerprint density at radius 2 is 1.46 bits per heavy atom. The molecule has 0 saturated heterocycles. The number of carbonyl (C=O) groups is 1. The van der Waals surface area contributed by atoms with E-state index in [1.165, 1.54) is 50.5 Å². The van der Waals surface area contributed by atoms with Crippen LogP contribution in [-0.4, -0.2) is 53.7 Å². The summed E-state index contributed by atoms with van der Waals surface area (Å²) in [6.45, 7) is 11.1. The van der Waals surface area contributed by atoms with Crippen molar-refractivity contribution in [2.24, 2.45) is 0 Å². The summed E-state index contributed by atoms with van der Waals surface area (Å²) >= 11 is 0. The normalized spacial score (nSPS) is 12.2. The standard InChI is InChI=1S/C35H47N3O3/c1-4-7-10-11-28-12-14-29(15-13-28)35(39)38(23-22-37(20-8-5-2)21-9-6-3)26-32-18-16-31(25-36-32)30-17-19-33-34(24-30)41-27-40-33/h12-19,24-25H,4-11,20-23,26-27H2,1-3H3. The summed E-state index contributed by atoms with van der Waals surface area (Å²) in [6.07, 6.45) is 11.3. The smallest absolute Gasteiger partial charge is 0.254 e. The monoisotopic (exact) mass is 557 g/mol. The third-order valence-electron chi connectivity index (χ3n) is 7.78. The lowest BCUT2D eigenvalue weighted by Gasteiger charge is -2.28. The molecule has 1 amide bonds. The predicted molar refractivity (Wildman–Crippen MR) is 166 cm³/mol. The van der Waals surface area contributed by atoms with Gasteiger partial charge in [-0.05, 0) is 80.2 Å². The van der Waals surface area contributed by atoms with Crippen LogP contribution in [0, 0.1) is 0 Å². The number of amides is 1. The van der Waals surface area contributed by atoms with Crippen LogP contribution in [0.3, 0.4) is 0 Å². The Bertz CT molecular complexity index is 1200. The molecule has 41 heavy (non-hydrogen) atoms. The van der Waals surface area contributed by atoms with Crippen molar-refractivity contribution >= 4 is 5.91 Å². The number of ether oxygens (including phenoxy) is 2. The lowest BCUT2D eigenvalue weighted by molar-refractivity contribution is 0.0718. The quantitative estimate of drug-likeness (QED) is 0.159. The third kappa shape index (κ3) is 9.06. The van der Waals surface area contributed by atoms with Gasteiger partial charge in [-0.1, -0.05) is 70.7 Å². The van der Waals surface area contributed by atoms with Crippen molar-refractivity contribution in [3.05, 3.63) is 77.6 Å². The summed E-state index contributed by atoms with van der Waals surface area (Å²) in [5, 5.41) is 0. The fourth-order valence-electron chi connectivity index (χ4n) is 5.15. The van der Waals surface area contributed by atoms with E-state index in [0.717, 1.165) is 59.9 Å². The zero-order valence-corrected chi connectivity index (χ0v) is 25.2. The van der Waals surface area contributed by atoms with Crippen molar-refractivity contribution in [2.45, 2.75) is 78.7 Å². The summed E-state index contributed by atoms with van der Waals surface area (Å²) in [5.41, 5.74) is 4.96. The van der Waals surface area contributed by atoms with Gasteiger partial charge < -0.3 is 19.3 Å². The number of unbranched alkanes of at least 4 members (excludes halogenated alkanes) is 4. The maximum Gasteiger partial charge on any atom is 0.254 e. The minimum absolute atomic E-state index is 0.0673. The number of rotatable bonds is 17. The Morgan fingerprint density at radius 1 is 0.756 bits per heavy atom. The summed E-state index contributed by atoms with van der Waals surface area (Å²) in [7, 11) is 0. The largest absolute Gasteiger partial charge is 0.454 e. The number of nitrogens with zero attached hydrogens (tertiary/aromatic N) is 3.